The van der Waals surface area contributed by atoms with Crippen LogP contribution < -0.4 is 5.32 Å². The van der Waals surface area contributed by atoms with Crippen LogP contribution in [0.2, 0.25) is 0 Å². The van der Waals surface area contributed by atoms with Gasteiger partial charge in [0.05, 0.1) is 13.2 Å². The number of esters is 1. The van der Waals surface area contributed by atoms with E-state index >= 15 is 0 Å². The van der Waals surface area contributed by atoms with Gasteiger partial charge in [0.25, 0.3) is 0 Å². The minimum atomic E-state index is -0.329. The maximum absolute atomic E-state index is 12.1. The summed E-state index contributed by atoms with van der Waals surface area (Å²) in [5.74, 6) is -0.329. The second kappa shape index (κ2) is 8.71. The Kier molecular flexibility index (Phi) is 6.35. The van der Waals surface area contributed by atoms with Crippen molar-refractivity contribution in [2.75, 3.05) is 32.2 Å². The van der Waals surface area contributed by atoms with Gasteiger partial charge in [0, 0.05) is 19.0 Å². The lowest BCUT2D eigenvalue weighted by atomic mass is 10.2. The Labute approximate surface area is 162 Å². The standard InChI is InChI=1S/C15H17N5O3S3/c1-4-23-13(21)10-8(2)9-11(24-10)17-7-18-12(9)25-15-20-19-14(26-15)16-5-6-22-3/h7H,4-6H2,1-3H3,(H,16,19). The van der Waals surface area contributed by atoms with E-state index in [1.54, 1.807) is 14.0 Å². The second-order valence-corrected chi connectivity index (χ2v) is 8.24. The number of nitrogens with one attached hydrogen (secondary N) is 1. The van der Waals surface area contributed by atoms with Crippen molar-refractivity contribution in [1.82, 2.24) is 20.2 Å². The number of fused-ring (bicyclic) bond motifs is 1. The van der Waals surface area contributed by atoms with Gasteiger partial charge < -0.3 is 14.8 Å². The Balaban J connectivity index is 1.85. The summed E-state index contributed by atoms with van der Waals surface area (Å²) >= 11 is 4.16. The molecule has 0 unspecified atom stereocenters. The summed E-state index contributed by atoms with van der Waals surface area (Å²) in [7, 11) is 1.65. The van der Waals surface area contributed by atoms with Crippen molar-refractivity contribution in [3.63, 3.8) is 0 Å². The first-order valence-electron chi connectivity index (χ1n) is 7.79. The summed E-state index contributed by atoms with van der Waals surface area (Å²) in [6.45, 7) is 5.27. The van der Waals surface area contributed by atoms with Gasteiger partial charge in [-0.15, -0.1) is 21.5 Å². The number of rotatable bonds is 8. The van der Waals surface area contributed by atoms with Crippen molar-refractivity contribution in [2.45, 2.75) is 23.2 Å². The molecule has 3 aromatic rings. The highest BCUT2D eigenvalue weighted by atomic mass is 32.2. The van der Waals surface area contributed by atoms with E-state index in [4.69, 9.17) is 9.47 Å². The van der Waals surface area contributed by atoms with Gasteiger partial charge in [-0.1, -0.05) is 11.3 Å². The molecule has 0 bridgehead atoms. The van der Waals surface area contributed by atoms with Gasteiger partial charge in [0.2, 0.25) is 5.13 Å². The molecule has 3 rings (SSSR count). The lowest BCUT2D eigenvalue weighted by molar-refractivity contribution is 0.0531. The van der Waals surface area contributed by atoms with Crippen molar-refractivity contribution in [2.24, 2.45) is 0 Å². The topological polar surface area (TPSA) is 99.1 Å². The number of anilines is 1. The van der Waals surface area contributed by atoms with Crippen LogP contribution in [-0.2, 0) is 9.47 Å². The normalized spacial score (nSPS) is 11.0. The Hall–Kier alpha value is -1.82. The molecule has 26 heavy (non-hydrogen) atoms. The maximum atomic E-state index is 12.1. The van der Waals surface area contributed by atoms with Crippen LogP contribution in [0, 0.1) is 6.92 Å². The lowest BCUT2D eigenvalue weighted by Crippen LogP contribution is -2.06. The third kappa shape index (κ3) is 4.11. The molecular weight excluding hydrogens is 394 g/mol. The van der Waals surface area contributed by atoms with E-state index in [-0.39, 0.29) is 5.97 Å². The molecule has 1 N–H and O–H groups in total. The first-order chi connectivity index (χ1) is 12.6. The summed E-state index contributed by atoms with van der Waals surface area (Å²) in [5, 5.41) is 13.8. The van der Waals surface area contributed by atoms with Crippen LogP contribution in [0.4, 0.5) is 5.13 Å². The zero-order valence-electron chi connectivity index (χ0n) is 14.4. The molecule has 0 aromatic carbocycles. The Morgan fingerprint density at radius 3 is 2.92 bits per heavy atom. The molecule has 0 aliphatic heterocycles. The van der Waals surface area contributed by atoms with Gasteiger partial charge in [-0.05, 0) is 31.2 Å². The molecule has 11 heteroatoms. The number of carbonyl (C=O) groups is 1. The number of hydrogen-bond acceptors (Lipinski definition) is 11. The van der Waals surface area contributed by atoms with Crippen LogP contribution in [0.1, 0.15) is 22.2 Å². The van der Waals surface area contributed by atoms with Gasteiger partial charge in [-0.2, -0.15) is 0 Å². The summed E-state index contributed by atoms with van der Waals surface area (Å²) in [6, 6.07) is 0. The number of aromatic nitrogens is 4. The smallest absolute Gasteiger partial charge is 0.348 e. The fourth-order valence-corrected chi connectivity index (χ4v) is 5.12. The summed E-state index contributed by atoms with van der Waals surface area (Å²) in [6.07, 6.45) is 1.49. The van der Waals surface area contributed by atoms with E-state index in [1.807, 2.05) is 6.92 Å². The van der Waals surface area contributed by atoms with Crippen LogP contribution in [0.5, 0.6) is 0 Å². The highest BCUT2D eigenvalue weighted by Crippen LogP contribution is 2.39. The zero-order chi connectivity index (χ0) is 18.5. The van der Waals surface area contributed by atoms with E-state index in [0.29, 0.717) is 24.6 Å². The lowest BCUT2D eigenvalue weighted by Gasteiger charge is -2.01. The largest absolute Gasteiger partial charge is 0.462 e. The Morgan fingerprint density at radius 1 is 1.31 bits per heavy atom. The predicted octanol–water partition coefficient (Wildman–Crippen LogP) is 3.24. The molecule has 0 spiro atoms. The average Bonchev–Trinajstić information content (AvgIpc) is 3.21. The van der Waals surface area contributed by atoms with Gasteiger partial charge >= 0.3 is 5.97 Å². The molecule has 3 aromatic heterocycles. The van der Waals surface area contributed by atoms with Crippen molar-refractivity contribution in [1.29, 1.82) is 0 Å². The van der Waals surface area contributed by atoms with Crippen LogP contribution in [0.15, 0.2) is 15.7 Å². The SMILES string of the molecule is CCOC(=O)c1sc2ncnc(Sc3nnc(NCCOC)s3)c2c1C. The quantitative estimate of drug-likeness (QED) is 0.340. The predicted molar refractivity (Wildman–Crippen MR) is 103 cm³/mol. The first-order valence-corrected chi connectivity index (χ1v) is 10.2. The molecule has 0 aliphatic carbocycles. The minimum absolute atomic E-state index is 0.329. The number of carbonyl (C=O) groups excluding carboxylic acids is 1. The molecule has 138 valence electrons. The molecule has 0 saturated heterocycles. The highest BCUT2D eigenvalue weighted by Gasteiger charge is 2.21. The molecule has 3 heterocycles. The minimum Gasteiger partial charge on any atom is -0.462 e. The molecule has 0 radical (unpaired) electrons. The highest BCUT2D eigenvalue weighted by molar-refractivity contribution is 8.01. The van der Waals surface area contributed by atoms with Gasteiger partial charge in [-0.3, -0.25) is 0 Å². The molecule has 0 fully saturated rings. The first kappa shape index (κ1) is 19.0. The van der Waals surface area contributed by atoms with Gasteiger partial charge in [0.1, 0.15) is 21.1 Å². The molecule has 0 saturated carbocycles. The average molecular weight is 412 g/mol. The summed E-state index contributed by atoms with van der Waals surface area (Å²) in [5.41, 5.74) is 0.828. The fraction of sp³-hybridized carbons (Fsp3) is 0.400. The molecule has 0 aliphatic rings. The van der Waals surface area contributed by atoms with E-state index in [0.717, 1.165) is 30.3 Å². The number of ether oxygens (including phenoxy) is 2. The van der Waals surface area contributed by atoms with Gasteiger partial charge in [-0.25, -0.2) is 14.8 Å². The van der Waals surface area contributed by atoms with Crippen molar-refractivity contribution in [3.8, 4) is 0 Å². The monoisotopic (exact) mass is 411 g/mol. The number of nitrogens with zero attached hydrogens (tertiary/aromatic N) is 4. The molecule has 0 amide bonds. The van der Waals surface area contributed by atoms with Crippen LogP contribution >= 0.6 is 34.4 Å². The third-order valence-corrected chi connectivity index (χ3v) is 6.44. The van der Waals surface area contributed by atoms with E-state index in [9.17, 15) is 4.79 Å². The summed E-state index contributed by atoms with van der Waals surface area (Å²) in [4.78, 5) is 22.1. The van der Waals surface area contributed by atoms with Crippen LogP contribution in [0.3, 0.4) is 0 Å². The Bertz CT molecular complexity index is 911. The third-order valence-electron chi connectivity index (χ3n) is 3.33. The molecule has 8 nitrogen and oxygen atoms in total. The van der Waals surface area contributed by atoms with Crippen LogP contribution in [0.25, 0.3) is 10.2 Å². The van der Waals surface area contributed by atoms with Crippen LogP contribution in [-0.4, -0.2) is 53.0 Å². The van der Waals surface area contributed by atoms with Gasteiger partial charge in [0.15, 0.2) is 4.34 Å². The summed E-state index contributed by atoms with van der Waals surface area (Å²) < 4.78 is 10.9. The number of thiophene rings is 1. The fourth-order valence-electron chi connectivity index (χ4n) is 2.17. The molecular formula is C15H17N5O3S3. The number of methoxy groups -OCH3 is 1. The molecule has 0 atom stereocenters. The van der Waals surface area contributed by atoms with E-state index in [2.05, 4.69) is 25.5 Å². The van der Waals surface area contributed by atoms with Crippen molar-refractivity contribution in [3.05, 3.63) is 16.8 Å². The van der Waals surface area contributed by atoms with Crippen molar-refractivity contribution < 1.29 is 14.3 Å². The zero-order valence-corrected chi connectivity index (χ0v) is 16.9. The number of aryl methyl sites for hydroxylation is 1. The number of hydrogen-bond donors (Lipinski definition) is 1. The van der Waals surface area contributed by atoms with E-state index < -0.39 is 0 Å². The Morgan fingerprint density at radius 2 is 2.15 bits per heavy atom. The second-order valence-electron chi connectivity index (χ2n) is 5.03. The maximum Gasteiger partial charge on any atom is 0.348 e. The van der Waals surface area contributed by atoms with Crippen molar-refractivity contribution >= 4 is 55.8 Å². The van der Waals surface area contributed by atoms with E-state index in [1.165, 1.54) is 40.8 Å².